The lowest BCUT2D eigenvalue weighted by molar-refractivity contribution is -0.151. The molecule has 14 heavy (non-hydrogen) atoms. The summed E-state index contributed by atoms with van der Waals surface area (Å²) in [5, 5.41) is 8.73. The number of rotatable bonds is 5. The second kappa shape index (κ2) is 5.40. The Kier molecular flexibility index (Phi) is 4.13. The van der Waals surface area contributed by atoms with Gasteiger partial charge >= 0.3 is 5.97 Å². The minimum Gasteiger partial charge on any atom is -0.479 e. The summed E-state index contributed by atoms with van der Waals surface area (Å²) in [6, 6.07) is 9.54. The summed E-state index contributed by atoms with van der Waals surface area (Å²) < 4.78 is 5.24. The Morgan fingerprint density at radius 3 is 2.57 bits per heavy atom. The lowest BCUT2D eigenvalue weighted by atomic mass is 10.2. The summed E-state index contributed by atoms with van der Waals surface area (Å²) in [5.74, 6) is -0.900. The van der Waals surface area contributed by atoms with Gasteiger partial charge in [-0.05, 0) is 12.0 Å². The highest BCUT2D eigenvalue weighted by atomic mass is 16.5. The summed E-state index contributed by atoms with van der Waals surface area (Å²) in [6.45, 7) is 2.15. The largest absolute Gasteiger partial charge is 0.479 e. The molecule has 3 nitrogen and oxygen atoms in total. The molecule has 0 aliphatic heterocycles. The molecule has 1 atom stereocenters. The van der Waals surface area contributed by atoms with Crippen molar-refractivity contribution in [3.8, 4) is 0 Å². The first-order valence-electron chi connectivity index (χ1n) is 4.62. The van der Waals surface area contributed by atoms with E-state index in [0.29, 0.717) is 13.0 Å². The van der Waals surface area contributed by atoms with Gasteiger partial charge in [0.2, 0.25) is 0 Å². The van der Waals surface area contributed by atoms with Crippen LogP contribution in [0.5, 0.6) is 0 Å². The molecule has 0 aromatic heterocycles. The molecule has 0 fully saturated rings. The second-order valence-corrected chi connectivity index (χ2v) is 3.03. The zero-order chi connectivity index (χ0) is 10.4. The first-order valence-corrected chi connectivity index (χ1v) is 4.62. The molecule has 0 spiro atoms. The van der Waals surface area contributed by atoms with Crippen LogP contribution in [0, 0.1) is 0 Å². The number of hydrogen-bond donors (Lipinski definition) is 1. The van der Waals surface area contributed by atoms with Gasteiger partial charge in [-0.3, -0.25) is 0 Å². The van der Waals surface area contributed by atoms with E-state index >= 15 is 0 Å². The maximum absolute atomic E-state index is 10.6. The second-order valence-electron chi connectivity index (χ2n) is 3.03. The van der Waals surface area contributed by atoms with Crippen LogP contribution >= 0.6 is 0 Å². The summed E-state index contributed by atoms with van der Waals surface area (Å²) in [4.78, 5) is 10.6. The van der Waals surface area contributed by atoms with Gasteiger partial charge in [0.15, 0.2) is 6.10 Å². The molecule has 0 amide bonds. The number of carboxylic acid groups (broad SMARTS) is 1. The molecule has 1 aromatic carbocycles. The topological polar surface area (TPSA) is 46.5 Å². The Bertz CT molecular complexity index is 282. The minimum atomic E-state index is -0.900. The smallest absolute Gasteiger partial charge is 0.332 e. The fourth-order valence-corrected chi connectivity index (χ4v) is 1.13. The summed E-state index contributed by atoms with van der Waals surface area (Å²) in [5.41, 5.74) is 0.993. The Balaban J connectivity index is 2.44. The number of carbonyl (C=O) groups is 1. The van der Waals surface area contributed by atoms with Crippen LogP contribution in [-0.2, 0) is 16.1 Å². The van der Waals surface area contributed by atoms with Gasteiger partial charge in [-0.2, -0.15) is 0 Å². The SMILES string of the molecule is CC[C@@H](OCc1ccccc1)C(=O)O. The molecule has 1 rings (SSSR count). The molecule has 0 bridgehead atoms. The maximum Gasteiger partial charge on any atom is 0.332 e. The monoisotopic (exact) mass is 194 g/mol. The lowest BCUT2D eigenvalue weighted by Crippen LogP contribution is -2.22. The minimum absolute atomic E-state index is 0.353. The van der Waals surface area contributed by atoms with E-state index in [1.165, 1.54) is 0 Å². The molecule has 0 heterocycles. The van der Waals surface area contributed by atoms with E-state index in [4.69, 9.17) is 9.84 Å². The van der Waals surface area contributed by atoms with E-state index in [1.807, 2.05) is 30.3 Å². The molecular weight excluding hydrogens is 180 g/mol. The van der Waals surface area contributed by atoms with Crippen LogP contribution in [-0.4, -0.2) is 17.2 Å². The number of aliphatic carboxylic acids is 1. The van der Waals surface area contributed by atoms with Crippen molar-refractivity contribution in [3.05, 3.63) is 35.9 Å². The molecule has 0 unspecified atom stereocenters. The van der Waals surface area contributed by atoms with E-state index in [9.17, 15) is 4.79 Å². The molecule has 0 saturated carbocycles. The number of ether oxygens (including phenoxy) is 1. The van der Waals surface area contributed by atoms with Crippen molar-refractivity contribution in [1.82, 2.24) is 0 Å². The first kappa shape index (κ1) is 10.7. The van der Waals surface area contributed by atoms with Gasteiger partial charge in [-0.1, -0.05) is 37.3 Å². The van der Waals surface area contributed by atoms with Gasteiger partial charge in [-0.25, -0.2) is 4.79 Å². The molecule has 1 N–H and O–H groups in total. The Hall–Kier alpha value is -1.35. The number of hydrogen-bond acceptors (Lipinski definition) is 2. The summed E-state index contributed by atoms with van der Waals surface area (Å²) >= 11 is 0. The van der Waals surface area contributed by atoms with Crippen LogP contribution in [0.3, 0.4) is 0 Å². The van der Waals surface area contributed by atoms with Gasteiger partial charge in [0.1, 0.15) is 0 Å². The molecule has 1 aromatic rings. The van der Waals surface area contributed by atoms with Crippen molar-refractivity contribution in [2.75, 3.05) is 0 Å². The van der Waals surface area contributed by atoms with Crippen molar-refractivity contribution in [2.45, 2.75) is 26.1 Å². The highest BCUT2D eigenvalue weighted by Crippen LogP contribution is 2.05. The van der Waals surface area contributed by atoms with E-state index < -0.39 is 12.1 Å². The third-order valence-electron chi connectivity index (χ3n) is 1.94. The van der Waals surface area contributed by atoms with E-state index in [0.717, 1.165) is 5.56 Å². The third kappa shape index (κ3) is 3.18. The van der Waals surface area contributed by atoms with Crippen LogP contribution in [0.4, 0.5) is 0 Å². The summed E-state index contributed by atoms with van der Waals surface area (Å²) in [6.07, 6.45) is -0.211. The van der Waals surface area contributed by atoms with Gasteiger partial charge < -0.3 is 9.84 Å². The van der Waals surface area contributed by atoms with Crippen molar-refractivity contribution in [3.63, 3.8) is 0 Å². The van der Waals surface area contributed by atoms with E-state index in [1.54, 1.807) is 6.92 Å². The Labute approximate surface area is 83.3 Å². The van der Waals surface area contributed by atoms with E-state index in [-0.39, 0.29) is 0 Å². The highest BCUT2D eigenvalue weighted by Gasteiger charge is 2.14. The fourth-order valence-electron chi connectivity index (χ4n) is 1.13. The predicted molar refractivity (Wildman–Crippen MR) is 52.9 cm³/mol. The van der Waals surface area contributed by atoms with Crippen LogP contribution in [0.15, 0.2) is 30.3 Å². The zero-order valence-corrected chi connectivity index (χ0v) is 8.14. The van der Waals surface area contributed by atoms with Gasteiger partial charge in [0.25, 0.3) is 0 Å². The number of carboxylic acids is 1. The average molecular weight is 194 g/mol. The van der Waals surface area contributed by atoms with Crippen LogP contribution in [0.1, 0.15) is 18.9 Å². The van der Waals surface area contributed by atoms with Gasteiger partial charge in [0.05, 0.1) is 6.61 Å². The quantitative estimate of drug-likeness (QED) is 0.780. The molecule has 0 saturated heterocycles. The molecule has 3 heteroatoms. The van der Waals surface area contributed by atoms with Gasteiger partial charge in [0, 0.05) is 0 Å². The first-order chi connectivity index (χ1) is 6.74. The Morgan fingerprint density at radius 1 is 1.43 bits per heavy atom. The molecule has 0 radical (unpaired) electrons. The van der Waals surface area contributed by atoms with Crippen molar-refractivity contribution in [2.24, 2.45) is 0 Å². The normalized spacial score (nSPS) is 12.4. The summed E-state index contributed by atoms with van der Waals surface area (Å²) in [7, 11) is 0. The molecular formula is C11H14O3. The lowest BCUT2D eigenvalue weighted by Gasteiger charge is -2.10. The average Bonchev–Trinajstić information content (AvgIpc) is 2.20. The van der Waals surface area contributed by atoms with Crippen molar-refractivity contribution in [1.29, 1.82) is 0 Å². The van der Waals surface area contributed by atoms with Crippen LogP contribution < -0.4 is 0 Å². The predicted octanol–water partition coefficient (Wildman–Crippen LogP) is 2.07. The molecule has 76 valence electrons. The van der Waals surface area contributed by atoms with E-state index in [2.05, 4.69) is 0 Å². The third-order valence-corrected chi connectivity index (χ3v) is 1.94. The molecule has 0 aliphatic carbocycles. The fraction of sp³-hybridized carbons (Fsp3) is 0.364. The number of benzene rings is 1. The van der Waals surface area contributed by atoms with Gasteiger partial charge in [-0.15, -0.1) is 0 Å². The Morgan fingerprint density at radius 2 is 2.07 bits per heavy atom. The van der Waals surface area contributed by atoms with Crippen LogP contribution in [0.25, 0.3) is 0 Å². The zero-order valence-electron chi connectivity index (χ0n) is 8.14. The van der Waals surface area contributed by atoms with Crippen molar-refractivity contribution >= 4 is 5.97 Å². The van der Waals surface area contributed by atoms with Crippen LogP contribution in [0.2, 0.25) is 0 Å². The maximum atomic E-state index is 10.6. The highest BCUT2D eigenvalue weighted by molar-refractivity contribution is 5.72. The van der Waals surface area contributed by atoms with Crippen molar-refractivity contribution < 1.29 is 14.6 Å². The molecule has 0 aliphatic rings. The standard InChI is InChI=1S/C11H14O3/c1-2-10(11(12)13)14-8-9-6-4-3-5-7-9/h3-7,10H,2,8H2,1H3,(H,12,13)/t10-/m1/s1.